The Kier molecular flexibility index (Phi) is 6.61. The summed E-state index contributed by atoms with van der Waals surface area (Å²) in [5.74, 6) is 0. The van der Waals surface area contributed by atoms with Crippen molar-refractivity contribution >= 4 is 29.2 Å². The van der Waals surface area contributed by atoms with Crippen molar-refractivity contribution in [3.63, 3.8) is 0 Å². The number of ether oxygens (including phenoxy) is 1. The fraction of sp³-hybridized carbons (Fsp3) is 0.533. The standard InChI is InChI=1S/C15H20Cl2N2O2/c16-12-8-11(9-13(17)10-12)3-5-18-15(20)19-6-4-14-2-1-7-21-14/h8-10,14H,1-7H2,(H2,18,19,20). The molecule has 1 aliphatic heterocycles. The highest BCUT2D eigenvalue weighted by atomic mass is 35.5. The number of halogens is 2. The van der Waals surface area contributed by atoms with Crippen LogP contribution in [0, 0.1) is 0 Å². The van der Waals surface area contributed by atoms with Gasteiger partial charge in [0.1, 0.15) is 0 Å². The minimum absolute atomic E-state index is 0.152. The van der Waals surface area contributed by atoms with Crippen molar-refractivity contribution in [2.24, 2.45) is 0 Å². The molecule has 0 radical (unpaired) electrons. The molecule has 1 heterocycles. The molecule has 0 spiro atoms. The first-order valence-corrected chi connectivity index (χ1v) is 7.97. The summed E-state index contributed by atoms with van der Waals surface area (Å²) in [6.07, 6.45) is 4.09. The summed E-state index contributed by atoms with van der Waals surface area (Å²) in [5.41, 5.74) is 1.01. The number of carbonyl (C=O) groups is 1. The summed E-state index contributed by atoms with van der Waals surface area (Å²) < 4.78 is 5.50. The molecule has 0 aliphatic carbocycles. The van der Waals surface area contributed by atoms with Gasteiger partial charge in [0.15, 0.2) is 0 Å². The molecule has 0 aromatic heterocycles. The van der Waals surface area contributed by atoms with Crippen molar-refractivity contribution in [3.05, 3.63) is 33.8 Å². The van der Waals surface area contributed by atoms with Gasteiger partial charge in [-0.15, -0.1) is 0 Å². The average Bonchev–Trinajstić information content (AvgIpc) is 2.91. The second-order valence-corrected chi connectivity index (χ2v) is 6.01. The van der Waals surface area contributed by atoms with E-state index >= 15 is 0 Å². The van der Waals surface area contributed by atoms with E-state index in [2.05, 4.69) is 10.6 Å². The van der Waals surface area contributed by atoms with Crippen molar-refractivity contribution in [3.8, 4) is 0 Å². The minimum atomic E-state index is -0.152. The normalized spacial score (nSPS) is 17.7. The Morgan fingerprint density at radius 2 is 1.90 bits per heavy atom. The number of benzene rings is 1. The SMILES string of the molecule is O=C(NCCc1cc(Cl)cc(Cl)c1)NCCC1CCCO1. The molecule has 0 bridgehead atoms. The Morgan fingerprint density at radius 3 is 2.57 bits per heavy atom. The number of rotatable bonds is 6. The van der Waals surface area contributed by atoms with E-state index in [4.69, 9.17) is 27.9 Å². The fourth-order valence-electron chi connectivity index (χ4n) is 2.36. The van der Waals surface area contributed by atoms with Crippen LogP contribution in [0.5, 0.6) is 0 Å². The third-order valence-corrected chi connectivity index (χ3v) is 3.83. The van der Waals surface area contributed by atoms with Gasteiger partial charge in [-0.25, -0.2) is 4.79 Å². The Balaban J connectivity index is 1.60. The van der Waals surface area contributed by atoms with E-state index < -0.39 is 0 Å². The van der Waals surface area contributed by atoms with Gasteiger partial charge in [-0.05, 0) is 49.4 Å². The Labute approximate surface area is 135 Å². The molecule has 1 saturated heterocycles. The van der Waals surface area contributed by atoms with E-state index in [1.165, 1.54) is 0 Å². The fourth-order valence-corrected chi connectivity index (χ4v) is 2.93. The van der Waals surface area contributed by atoms with Crippen LogP contribution in [0.25, 0.3) is 0 Å². The lowest BCUT2D eigenvalue weighted by Gasteiger charge is -2.11. The molecule has 4 nitrogen and oxygen atoms in total. The molecule has 0 saturated carbocycles. The first-order chi connectivity index (χ1) is 10.1. The summed E-state index contributed by atoms with van der Waals surface area (Å²) in [7, 11) is 0. The molecular weight excluding hydrogens is 311 g/mol. The average molecular weight is 331 g/mol. The van der Waals surface area contributed by atoms with Gasteiger partial charge < -0.3 is 15.4 Å². The zero-order valence-corrected chi connectivity index (χ0v) is 13.3. The predicted octanol–water partition coefficient (Wildman–Crippen LogP) is 3.40. The first kappa shape index (κ1) is 16.4. The molecule has 1 unspecified atom stereocenters. The van der Waals surface area contributed by atoms with Crippen molar-refractivity contribution in [1.82, 2.24) is 10.6 Å². The zero-order valence-electron chi connectivity index (χ0n) is 11.8. The van der Waals surface area contributed by atoms with Gasteiger partial charge in [0.25, 0.3) is 0 Å². The van der Waals surface area contributed by atoms with Crippen LogP contribution in [0.1, 0.15) is 24.8 Å². The second kappa shape index (κ2) is 8.47. The molecule has 1 aromatic rings. The van der Waals surface area contributed by atoms with E-state index in [-0.39, 0.29) is 6.03 Å². The Bertz CT molecular complexity index is 456. The smallest absolute Gasteiger partial charge is 0.314 e. The summed E-state index contributed by atoms with van der Waals surface area (Å²) in [5, 5.41) is 6.87. The van der Waals surface area contributed by atoms with Crippen molar-refractivity contribution in [1.29, 1.82) is 0 Å². The molecular formula is C15H20Cl2N2O2. The molecule has 1 aliphatic rings. The summed E-state index contributed by atoms with van der Waals surface area (Å²) in [4.78, 5) is 11.6. The van der Waals surface area contributed by atoms with Gasteiger partial charge in [-0.1, -0.05) is 23.2 Å². The Morgan fingerprint density at radius 1 is 1.19 bits per heavy atom. The van der Waals surface area contributed by atoms with Crippen molar-refractivity contribution < 1.29 is 9.53 Å². The Hall–Kier alpha value is -0.970. The molecule has 21 heavy (non-hydrogen) atoms. The lowest BCUT2D eigenvalue weighted by atomic mass is 10.1. The highest BCUT2D eigenvalue weighted by molar-refractivity contribution is 6.34. The lowest BCUT2D eigenvalue weighted by Crippen LogP contribution is -2.37. The van der Waals surface area contributed by atoms with Crippen LogP contribution in [0.4, 0.5) is 4.79 Å². The summed E-state index contributed by atoms with van der Waals surface area (Å²) >= 11 is 11.9. The molecule has 1 atom stereocenters. The van der Waals surface area contributed by atoms with Crippen molar-refractivity contribution in [2.75, 3.05) is 19.7 Å². The summed E-state index contributed by atoms with van der Waals surface area (Å²) in [6, 6.07) is 5.24. The van der Waals surface area contributed by atoms with E-state index in [1.807, 2.05) is 12.1 Å². The van der Waals surface area contributed by atoms with Crippen LogP contribution < -0.4 is 10.6 Å². The molecule has 116 valence electrons. The van der Waals surface area contributed by atoms with Gasteiger partial charge in [0.05, 0.1) is 6.10 Å². The van der Waals surface area contributed by atoms with Gasteiger partial charge >= 0.3 is 6.03 Å². The van der Waals surface area contributed by atoms with Gasteiger partial charge in [0, 0.05) is 29.7 Å². The molecule has 6 heteroatoms. The van der Waals surface area contributed by atoms with Crippen LogP contribution in [0.3, 0.4) is 0 Å². The largest absolute Gasteiger partial charge is 0.378 e. The number of nitrogens with one attached hydrogen (secondary N) is 2. The van der Waals surface area contributed by atoms with Crippen LogP contribution in [-0.4, -0.2) is 31.8 Å². The lowest BCUT2D eigenvalue weighted by molar-refractivity contribution is 0.104. The van der Waals surface area contributed by atoms with Crippen LogP contribution in [0.15, 0.2) is 18.2 Å². The van der Waals surface area contributed by atoms with E-state index in [0.717, 1.165) is 31.4 Å². The summed E-state index contributed by atoms with van der Waals surface area (Å²) in [6.45, 7) is 2.03. The number of hydrogen-bond acceptors (Lipinski definition) is 2. The monoisotopic (exact) mass is 330 g/mol. The third-order valence-electron chi connectivity index (χ3n) is 3.40. The minimum Gasteiger partial charge on any atom is -0.378 e. The van der Waals surface area contributed by atoms with Crippen LogP contribution >= 0.6 is 23.2 Å². The molecule has 2 N–H and O–H groups in total. The highest BCUT2D eigenvalue weighted by Crippen LogP contribution is 2.19. The molecule has 1 fully saturated rings. The van der Waals surface area contributed by atoms with Crippen LogP contribution in [0.2, 0.25) is 10.0 Å². The maximum absolute atomic E-state index is 11.6. The number of urea groups is 1. The van der Waals surface area contributed by atoms with E-state index in [0.29, 0.717) is 35.7 Å². The molecule has 2 rings (SSSR count). The maximum atomic E-state index is 11.6. The third kappa shape index (κ3) is 6.12. The molecule has 1 aromatic carbocycles. The predicted molar refractivity (Wildman–Crippen MR) is 85.2 cm³/mol. The quantitative estimate of drug-likeness (QED) is 0.839. The first-order valence-electron chi connectivity index (χ1n) is 7.22. The maximum Gasteiger partial charge on any atom is 0.314 e. The van der Waals surface area contributed by atoms with Gasteiger partial charge in [-0.2, -0.15) is 0 Å². The van der Waals surface area contributed by atoms with E-state index in [1.54, 1.807) is 6.07 Å². The van der Waals surface area contributed by atoms with E-state index in [9.17, 15) is 4.79 Å². The number of carbonyl (C=O) groups excluding carboxylic acids is 1. The highest BCUT2D eigenvalue weighted by Gasteiger charge is 2.14. The number of amides is 2. The second-order valence-electron chi connectivity index (χ2n) is 5.13. The zero-order chi connectivity index (χ0) is 15.1. The van der Waals surface area contributed by atoms with Gasteiger partial charge in [0.2, 0.25) is 0 Å². The van der Waals surface area contributed by atoms with Crippen LogP contribution in [-0.2, 0) is 11.2 Å². The topological polar surface area (TPSA) is 50.4 Å². The number of hydrogen-bond donors (Lipinski definition) is 2. The van der Waals surface area contributed by atoms with Gasteiger partial charge in [-0.3, -0.25) is 0 Å². The van der Waals surface area contributed by atoms with Crippen molar-refractivity contribution in [2.45, 2.75) is 31.8 Å². The molecule has 2 amide bonds.